The largest absolute Gasteiger partial charge is 0.342 e. The van der Waals surface area contributed by atoms with Crippen molar-refractivity contribution in [1.82, 2.24) is 14.9 Å². The molecular formula is C24H24ClN3O. The summed E-state index contributed by atoms with van der Waals surface area (Å²) in [6.45, 7) is 1.54. The lowest BCUT2D eigenvalue weighted by molar-refractivity contribution is -0.131. The number of carbonyl (C=O) groups is 1. The number of hydrogen-bond donors (Lipinski definition) is 0. The molecule has 2 aromatic heterocycles. The molecule has 4 nitrogen and oxygen atoms in total. The average molecular weight is 406 g/mol. The van der Waals surface area contributed by atoms with Crippen molar-refractivity contribution < 1.29 is 4.79 Å². The summed E-state index contributed by atoms with van der Waals surface area (Å²) in [5.74, 6) is 0.423. The Labute approximate surface area is 176 Å². The molecule has 0 radical (unpaired) electrons. The highest BCUT2D eigenvalue weighted by Gasteiger charge is 2.25. The molecule has 0 spiro atoms. The molecule has 5 heteroatoms. The average Bonchev–Trinajstić information content (AvgIpc) is 2.76. The molecule has 0 unspecified atom stereocenters. The summed E-state index contributed by atoms with van der Waals surface area (Å²) in [4.78, 5) is 23.9. The van der Waals surface area contributed by atoms with E-state index in [1.165, 1.54) is 5.56 Å². The van der Waals surface area contributed by atoms with Crippen LogP contribution < -0.4 is 0 Å². The normalized spacial score (nSPS) is 16.6. The van der Waals surface area contributed by atoms with Gasteiger partial charge in [0.25, 0.3) is 0 Å². The zero-order chi connectivity index (χ0) is 20.1. The fraction of sp³-hybridized carbons (Fsp3) is 0.292. The molecular weight excluding hydrogens is 382 g/mol. The Morgan fingerprint density at radius 2 is 1.86 bits per heavy atom. The highest BCUT2D eigenvalue weighted by molar-refractivity contribution is 6.30. The maximum atomic E-state index is 12.7. The summed E-state index contributed by atoms with van der Waals surface area (Å²) < 4.78 is 0. The van der Waals surface area contributed by atoms with Crippen LogP contribution in [0.5, 0.6) is 0 Å². The van der Waals surface area contributed by atoms with E-state index in [1.807, 2.05) is 47.4 Å². The zero-order valence-corrected chi connectivity index (χ0v) is 17.1. The van der Waals surface area contributed by atoms with Crippen LogP contribution in [0, 0.1) is 0 Å². The lowest BCUT2D eigenvalue weighted by Gasteiger charge is -2.32. The van der Waals surface area contributed by atoms with E-state index in [1.54, 1.807) is 6.20 Å². The second-order valence-corrected chi connectivity index (χ2v) is 7.97. The molecule has 1 aromatic carbocycles. The van der Waals surface area contributed by atoms with E-state index in [9.17, 15) is 4.79 Å². The third-order valence-electron chi connectivity index (χ3n) is 5.38. The van der Waals surface area contributed by atoms with E-state index in [0.29, 0.717) is 6.42 Å². The molecule has 29 heavy (non-hydrogen) atoms. The topological polar surface area (TPSA) is 46.1 Å². The summed E-state index contributed by atoms with van der Waals surface area (Å²) in [7, 11) is 0. The molecule has 1 fully saturated rings. The molecule has 1 atom stereocenters. The van der Waals surface area contributed by atoms with E-state index in [0.717, 1.165) is 54.5 Å². The number of carbonyl (C=O) groups excluding carboxylic acids is 1. The summed E-state index contributed by atoms with van der Waals surface area (Å²) in [5, 5.41) is 0.744. The van der Waals surface area contributed by atoms with Gasteiger partial charge in [0.2, 0.25) is 5.91 Å². The van der Waals surface area contributed by atoms with Gasteiger partial charge >= 0.3 is 0 Å². The van der Waals surface area contributed by atoms with Crippen molar-refractivity contribution in [3.63, 3.8) is 0 Å². The molecule has 0 bridgehead atoms. The van der Waals surface area contributed by atoms with Crippen LogP contribution in [0.4, 0.5) is 0 Å². The summed E-state index contributed by atoms with van der Waals surface area (Å²) >= 11 is 5.98. The number of aromatic nitrogens is 2. The Kier molecular flexibility index (Phi) is 6.20. The molecule has 1 amide bonds. The quantitative estimate of drug-likeness (QED) is 0.619. The number of pyridine rings is 2. The van der Waals surface area contributed by atoms with Crippen molar-refractivity contribution in [2.45, 2.75) is 31.6 Å². The van der Waals surface area contributed by atoms with Gasteiger partial charge in [-0.3, -0.25) is 14.8 Å². The molecule has 1 aliphatic rings. The first-order chi connectivity index (χ1) is 14.2. The zero-order valence-electron chi connectivity index (χ0n) is 16.3. The van der Waals surface area contributed by atoms with Crippen molar-refractivity contribution in [2.24, 2.45) is 0 Å². The molecule has 3 aromatic rings. The Balaban J connectivity index is 1.42. The molecule has 4 rings (SSSR count). The third-order valence-corrected chi connectivity index (χ3v) is 5.63. The number of piperidine rings is 1. The number of benzene rings is 1. The van der Waals surface area contributed by atoms with Gasteiger partial charge in [0.1, 0.15) is 0 Å². The molecule has 0 aliphatic carbocycles. The van der Waals surface area contributed by atoms with Gasteiger partial charge in [-0.25, -0.2) is 0 Å². The Morgan fingerprint density at radius 3 is 2.66 bits per heavy atom. The molecule has 148 valence electrons. The number of halogens is 1. The van der Waals surface area contributed by atoms with Crippen molar-refractivity contribution in [3.8, 4) is 0 Å². The maximum absolute atomic E-state index is 12.7. The molecule has 1 saturated heterocycles. The lowest BCUT2D eigenvalue weighted by Crippen LogP contribution is -2.40. The standard InChI is InChI=1S/C24H24ClN3O/c25-20-11-9-18(10-12-20)15-22-7-3-8-23(27-22)19-5-4-14-28(17-19)24(29)16-21-6-1-2-13-26-21/h1-3,6-13,19H,4-5,14-17H2/t19-/m1/s1. The summed E-state index contributed by atoms with van der Waals surface area (Å²) in [5.41, 5.74) is 4.13. The van der Waals surface area contributed by atoms with Gasteiger partial charge in [0.05, 0.1) is 6.42 Å². The van der Waals surface area contributed by atoms with Gasteiger partial charge in [-0.2, -0.15) is 0 Å². The third kappa shape index (κ3) is 5.21. The van der Waals surface area contributed by atoms with Gasteiger partial charge in [-0.05, 0) is 54.8 Å². The van der Waals surface area contributed by atoms with E-state index >= 15 is 0 Å². The second kappa shape index (κ2) is 9.19. The first kappa shape index (κ1) is 19.6. The minimum absolute atomic E-state index is 0.144. The van der Waals surface area contributed by atoms with Gasteiger partial charge in [0, 0.05) is 53.7 Å². The lowest BCUT2D eigenvalue weighted by atomic mass is 9.93. The van der Waals surface area contributed by atoms with E-state index in [-0.39, 0.29) is 11.8 Å². The first-order valence-corrected chi connectivity index (χ1v) is 10.4. The highest BCUT2D eigenvalue weighted by atomic mass is 35.5. The molecule has 0 saturated carbocycles. The van der Waals surface area contributed by atoms with Gasteiger partial charge in [-0.15, -0.1) is 0 Å². The number of hydrogen-bond acceptors (Lipinski definition) is 3. The van der Waals surface area contributed by atoms with Crippen LogP contribution in [-0.2, 0) is 17.6 Å². The van der Waals surface area contributed by atoms with Crippen molar-refractivity contribution in [1.29, 1.82) is 0 Å². The summed E-state index contributed by atoms with van der Waals surface area (Å²) in [6, 6.07) is 19.8. The maximum Gasteiger partial charge on any atom is 0.228 e. The van der Waals surface area contributed by atoms with Gasteiger partial charge in [-0.1, -0.05) is 35.9 Å². The van der Waals surface area contributed by atoms with E-state index in [4.69, 9.17) is 16.6 Å². The smallest absolute Gasteiger partial charge is 0.228 e. The predicted octanol–water partition coefficient (Wildman–Crippen LogP) is 4.67. The number of likely N-dealkylation sites (tertiary alicyclic amines) is 1. The van der Waals surface area contributed by atoms with Gasteiger partial charge in [0.15, 0.2) is 0 Å². The number of nitrogens with zero attached hydrogens (tertiary/aromatic N) is 3. The fourth-order valence-electron chi connectivity index (χ4n) is 3.85. The summed E-state index contributed by atoms with van der Waals surface area (Å²) in [6.07, 6.45) is 4.93. The predicted molar refractivity (Wildman–Crippen MR) is 115 cm³/mol. The SMILES string of the molecule is O=C(Cc1ccccn1)N1CCC[C@@H](c2cccc(Cc3ccc(Cl)cc3)n2)C1. The van der Waals surface area contributed by atoms with Crippen molar-refractivity contribution in [3.05, 3.63) is 94.5 Å². The van der Waals surface area contributed by atoms with Crippen LogP contribution >= 0.6 is 11.6 Å². The number of amides is 1. The van der Waals surface area contributed by atoms with Crippen LogP contribution in [0.1, 0.15) is 41.4 Å². The Bertz CT molecular complexity index is 959. The van der Waals surface area contributed by atoms with E-state index in [2.05, 4.69) is 23.2 Å². The van der Waals surface area contributed by atoms with Crippen LogP contribution in [-0.4, -0.2) is 33.9 Å². The minimum Gasteiger partial charge on any atom is -0.342 e. The first-order valence-electron chi connectivity index (χ1n) is 10.1. The van der Waals surface area contributed by atoms with Crippen LogP contribution in [0.3, 0.4) is 0 Å². The van der Waals surface area contributed by atoms with Crippen molar-refractivity contribution in [2.75, 3.05) is 13.1 Å². The van der Waals surface area contributed by atoms with Crippen LogP contribution in [0.15, 0.2) is 66.9 Å². The number of rotatable bonds is 5. The van der Waals surface area contributed by atoms with Crippen LogP contribution in [0.2, 0.25) is 5.02 Å². The monoisotopic (exact) mass is 405 g/mol. The Morgan fingerprint density at radius 1 is 1.03 bits per heavy atom. The highest BCUT2D eigenvalue weighted by Crippen LogP contribution is 2.26. The van der Waals surface area contributed by atoms with E-state index < -0.39 is 0 Å². The molecule has 1 aliphatic heterocycles. The fourth-order valence-corrected chi connectivity index (χ4v) is 3.98. The van der Waals surface area contributed by atoms with Crippen LogP contribution in [0.25, 0.3) is 0 Å². The Hall–Kier alpha value is -2.72. The molecule has 3 heterocycles. The molecule has 0 N–H and O–H groups in total. The van der Waals surface area contributed by atoms with Crippen molar-refractivity contribution >= 4 is 17.5 Å². The minimum atomic E-state index is 0.144. The second-order valence-electron chi connectivity index (χ2n) is 7.53. The van der Waals surface area contributed by atoms with Gasteiger partial charge < -0.3 is 4.90 Å².